The van der Waals surface area contributed by atoms with Crippen LogP contribution in [0.15, 0.2) is 24.3 Å². The molecule has 0 aliphatic heterocycles. The summed E-state index contributed by atoms with van der Waals surface area (Å²) in [5, 5.41) is 20.1. The van der Waals surface area contributed by atoms with Crippen molar-refractivity contribution in [2.45, 2.75) is 6.10 Å². The number of hydrogen-bond acceptors (Lipinski definition) is 5. The summed E-state index contributed by atoms with van der Waals surface area (Å²) in [5.41, 5.74) is -0.0659. The van der Waals surface area contributed by atoms with E-state index < -0.39 is 11.0 Å². The number of hydrogen-bond donors (Lipinski definition) is 1. The third kappa shape index (κ3) is 2.75. The summed E-state index contributed by atoms with van der Waals surface area (Å²) in [4.78, 5) is 19.9. The van der Waals surface area contributed by atoms with E-state index in [-0.39, 0.29) is 24.3 Å². The van der Waals surface area contributed by atoms with Crippen molar-refractivity contribution >= 4 is 12.2 Å². The monoisotopic (exact) mass is 211 g/mol. The van der Waals surface area contributed by atoms with Gasteiger partial charge in [0, 0.05) is 6.07 Å². The van der Waals surface area contributed by atoms with Crippen LogP contribution in [0.3, 0.4) is 0 Å². The maximum absolute atomic E-state index is 10.6. The van der Waals surface area contributed by atoms with Crippen molar-refractivity contribution in [3.63, 3.8) is 0 Å². The van der Waals surface area contributed by atoms with Gasteiger partial charge in [-0.2, -0.15) is 0 Å². The van der Waals surface area contributed by atoms with Gasteiger partial charge in [0.05, 0.1) is 10.5 Å². The lowest BCUT2D eigenvalue weighted by atomic mass is 10.1. The summed E-state index contributed by atoms with van der Waals surface area (Å²) >= 11 is 0. The van der Waals surface area contributed by atoms with E-state index in [0.717, 1.165) is 0 Å². The van der Waals surface area contributed by atoms with E-state index in [2.05, 4.69) is 4.74 Å². The van der Waals surface area contributed by atoms with Crippen LogP contribution in [0, 0.1) is 10.1 Å². The Balaban J connectivity index is 2.91. The molecule has 0 heterocycles. The van der Waals surface area contributed by atoms with Gasteiger partial charge in [-0.25, -0.2) is 0 Å². The van der Waals surface area contributed by atoms with Crippen LogP contribution in [0.4, 0.5) is 5.69 Å². The molecule has 0 saturated carbocycles. The van der Waals surface area contributed by atoms with E-state index in [0.29, 0.717) is 0 Å². The minimum atomic E-state index is -1.18. The SMILES string of the molecule is O=COCC(O)c1ccccc1[N+](=O)[O-]. The number of nitro groups is 1. The van der Waals surface area contributed by atoms with Crippen LogP contribution in [0.25, 0.3) is 0 Å². The molecular formula is C9H9NO5. The normalized spacial score (nSPS) is 11.8. The Bertz CT molecular complexity index is 365. The van der Waals surface area contributed by atoms with E-state index in [1.54, 1.807) is 6.07 Å². The van der Waals surface area contributed by atoms with Crippen molar-refractivity contribution in [1.29, 1.82) is 0 Å². The molecule has 0 aliphatic carbocycles. The van der Waals surface area contributed by atoms with Crippen LogP contribution in [0.2, 0.25) is 0 Å². The fourth-order valence-electron chi connectivity index (χ4n) is 1.16. The molecule has 6 nitrogen and oxygen atoms in total. The molecule has 15 heavy (non-hydrogen) atoms. The second-order valence-corrected chi connectivity index (χ2v) is 2.76. The van der Waals surface area contributed by atoms with Crippen LogP contribution >= 0.6 is 0 Å². The highest BCUT2D eigenvalue weighted by molar-refractivity contribution is 5.42. The lowest BCUT2D eigenvalue weighted by Crippen LogP contribution is -2.08. The molecule has 6 heteroatoms. The number of aliphatic hydroxyl groups excluding tert-OH is 1. The molecule has 1 aromatic rings. The van der Waals surface area contributed by atoms with Gasteiger partial charge in [0.25, 0.3) is 12.2 Å². The largest absolute Gasteiger partial charge is 0.465 e. The highest BCUT2D eigenvalue weighted by Gasteiger charge is 2.19. The van der Waals surface area contributed by atoms with Gasteiger partial charge < -0.3 is 9.84 Å². The molecule has 0 amide bonds. The average Bonchev–Trinajstić information content (AvgIpc) is 2.25. The van der Waals surface area contributed by atoms with Crippen LogP contribution in [-0.4, -0.2) is 23.1 Å². The van der Waals surface area contributed by atoms with Crippen molar-refractivity contribution < 1.29 is 19.6 Å². The molecule has 0 radical (unpaired) electrons. The number of nitrogens with zero attached hydrogens (tertiary/aromatic N) is 1. The summed E-state index contributed by atoms with van der Waals surface area (Å²) in [5.74, 6) is 0. The maximum atomic E-state index is 10.6. The molecule has 0 fully saturated rings. The van der Waals surface area contributed by atoms with Crippen LogP contribution in [0.1, 0.15) is 11.7 Å². The topological polar surface area (TPSA) is 89.7 Å². The minimum absolute atomic E-state index is 0.129. The zero-order valence-electron chi connectivity index (χ0n) is 7.70. The number of aliphatic hydroxyl groups is 1. The molecular weight excluding hydrogens is 202 g/mol. The van der Waals surface area contributed by atoms with Gasteiger partial charge in [0.2, 0.25) is 0 Å². The van der Waals surface area contributed by atoms with Crippen LogP contribution in [-0.2, 0) is 9.53 Å². The van der Waals surface area contributed by atoms with E-state index in [9.17, 15) is 20.0 Å². The van der Waals surface area contributed by atoms with Crippen molar-refractivity contribution in [3.05, 3.63) is 39.9 Å². The summed E-state index contributed by atoms with van der Waals surface area (Å²) < 4.78 is 4.33. The fraction of sp³-hybridized carbons (Fsp3) is 0.222. The molecule has 1 aromatic carbocycles. The lowest BCUT2D eigenvalue weighted by Gasteiger charge is -2.09. The Morgan fingerprint density at radius 2 is 2.20 bits per heavy atom. The van der Waals surface area contributed by atoms with E-state index in [4.69, 9.17) is 0 Å². The minimum Gasteiger partial charge on any atom is -0.465 e. The van der Waals surface area contributed by atoms with Gasteiger partial charge in [0.1, 0.15) is 12.7 Å². The number of benzene rings is 1. The van der Waals surface area contributed by atoms with Crippen molar-refractivity contribution in [1.82, 2.24) is 0 Å². The second kappa shape index (κ2) is 5.06. The Labute approximate surface area is 85.2 Å². The number of ether oxygens (including phenoxy) is 1. The first-order valence-corrected chi connectivity index (χ1v) is 4.13. The zero-order valence-corrected chi connectivity index (χ0v) is 7.70. The summed E-state index contributed by atoms with van der Waals surface area (Å²) in [6.07, 6.45) is -1.18. The maximum Gasteiger partial charge on any atom is 0.293 e. The van der Waals surface area contributed by atoms with Crippen LogP contribution in [0.5, 0.6) is 0 Å². The van der Waals surface area contributed by atoms with E-state index in [1.807, 2.05) is 0 Å². The lowest BCUT2D eigenvalue weighted by molar-refractivity contribution is -0.386. The van der Waals surface area contributed by atoms with E-state index >= 15 is 0 Å². The molecule has 0 aromatic heterocycles. The van der Waals surface area contributed by atoms with Crippen molar-refractivity contribution in [3.8, 4) is 0 Å². The molecule has 0 aliphatic rings. The molecule has 1 atom stereocenters. The van der Waals surface area contributed by atoms with Gasteiger partial charge in [0.15, 0.2) is 0 Å². The van der Waals surface area contributed by atoms with Crippen molar-refractivity contribution in [2.24, 2.45) is 0 Å². The Hall–Kier alpha value is -1.95. The Kier molecular flexibility index (Phi) is 3.75. The average molecular weight is 211 g/mol. The third-order valence-corrected chi connectivity index (χ3v) is 1.81. The second-order valence-electron chi connectivity index (χ2n) is 2.76. The first-order valence-electron chi connectivity index (χ1n) is 4.13. The summed E-state index contributed by atoms with van der Waals surface area (Å²) in [6.45, 7) is -0.119. The van der Waals surface area contributed by atoms with Crippen molar-refractivity contribution in [2.75, 3.05) is 6.61 Å². The standard InChI is InChI=1S/C9H9NO5/c11-6-15-5-9(12)7-3-1-2-4-8(7)10(13)14/h1-4,6,9,12H,5H2. The highest BCUT2D eigenvalue weighted by atomic mass is 16.6. The smallest absolute Gasteiger partial charge is 0.293 e. The first-order chi connectivity index (χ1) is 7.16. The molecule has 0 bridgehead atoms. The molecule has 1 N–H and O–H groups in total. The highest BCUT2D eigenvalue weighted by Crippen LogP contribution is 2.24. The van der Waals surface area contributed by atoms with Crippen LogP contribution < -0.4 is 0 Å². The number of nitro benzene ring substituents is 1. The van der Waals surface area contributed by atoms with Gasteiger partial charge >= 0.3 is 0 Å². The number of rotatable bonds is 5. The number of carbonyl (C=O) groups excluding carboxylic acids is 1. The fourth-order valence-corrected chi connectivity index (χ4v) is 1.16. The molecule has 0 saturated heterocycles. The van der Waals surface area contributed by atoms with E-state index in [1.165, 1.54) is 18.2 Å². The summed E-state index contributed by atoms with van der Waals surface area (Å²) in [7, 11) is 0. The number of carbonyl (C=O) groups is 1. The predicted octanol–water partition coefficient (Wildman–Crippen LogP) is 0.801. The molecule has 0 spiro atoms. The predicted molar refractivity (Wildman–Crippen MR) is 50.1 cm³/mol. The van der Waals surface area contributed by atoms with Gasteiger partial charge in [-0.05, 0) is 6.07 Å². The zero-order chi connectivity index (χ0) is 11.3. The Morgan fingerprint density at radius 3 is 2.80 bits per heavy atom. The van der Waals surface area contributed by atoms with Gasteiger partial charge in [-0.3, -0.25) is 14.9 Å². The van der Waals surface area contributed by atoms with Gasteiger partial charge in [-0.1, -0.05) is 12.1 Å². The molecule has 1 unspecified atom stereocenters. The Morgan fingerprint density at radius 1 is 1.53 bits per heavy atom. The summed E-state index contributed by atoms with van der Waals surface area (Å²) in [6, 6.07) is 5.75. The van der Waals surface area contributed by atoms with Gasteiger partial charge in [-0.15, -0.1) is 0 Å². The first kappa shape index (κ1) is 11.1. The quantitative estimate of drug-likeness (QED) is 0.442. The number of para-hydroxylation sites is 1. The third-order valence-electron chi connectivity index (χ3n) is 1.81. The molecule has 1 rings (SSSR count). The molecule has 80 valence electrons.